The molecule has 21 heavy (non-hydrogen) atoms. The molecule has 6 nitrogen and oxygen atoms in total. The summed E-state index contributed by atoms with van der Waals surface area (Å²) in [6.07, 6.45) is 5.30. The smallest absolute Gasteiger partial charge is 0.310 e. The molecule has 0 aliphatic rings. The van der Waals surface area contributed by atoms with Gasteiger partial charge in [0, 0.05) is 12.5 Å². The molecule has 1 aromatic carbocycles. The van der Waals surface area contributed by atoms with Crippen LogP contribution < -0.4 is 0 Å². The Hall–Kier alpha value is -2.37. The number of nitro benzene ring substituents is 1. The van der Waals surface area contributed by atoms with Crippen molar-refractivity contribution < 1.29 is 19.6 Å². The second-order valence-electron chi connectivity index (χ2n) is 4.17. The minimum atomic E-state index is -0.630. The Bertz CT molecular complexity index is 459. The molecule has 0 aliphatic carbocycles. The molecule has 116 valence electrons. The van der Waals surface area contributed by atoms with E-state index in [0.29, 0.717) is 13.0 Å². The van der Waals surface area contributed by atoms with E-state index in [4.69, 9.17) is 9.84 Å². The molecule has 0 radical (unpaired) electrons. The lowest BCUT2D eigenvalue weighted by Gasteiger charge is -1.99. The van der Waals surface area contributed by atoms with E-state index in [1.54, 1.807) is 6.08 Å². The summed E-state index contributed by atoms with van der Waals surface area (Å²) in [6.45, 7) is 5.90. The van der Waals surface area contributed by atoms with Crippen LogP contribution in [-0.2, 0) is 9.53 Å². The lowest BCUT2D eigenvalue weighted by Crippen LogP contribution is -2.03. The number of aromatic hydroxyl groups is 1. The number of benzene rings is 1. The Kier molecular flexibility index (Phi) is 10.2. The maximum Gasteiger partial charge on any atom is 0.310 e. The predicted octanol–water partition coefficient (Wildman–Crippen LogP) is 3.60. The molecule has 0 atom stereocenters. The molecule has 0 saturated heterocycles. The van der Waals surface area contributed by atoms with Gasteiger partial charge >= 0.3 is 11.7 Å². The van der Waals surface area contributed by atoms with Gasteiger partial charge in [-0.2, -0.15) is 0 Å². The monoisotopic (exact) mass is 295 g/mol. The zero-order valence-corrected chi connectivity index (χ0v) is 12.2. The lowest BCUT2D eigenvalue weighted by atomic mass is 10.2. The Balaban J connectivity index is 0.000000382. The molecule has 0 spiro atoms. The number of para-hydroxylation sites is 2. The average molecular weight is 295 g/mol. The van der Waals surface area contributed by atoms with E-state index in [-0.39, 0.29) is 17.4 Å². The third kappa shape index (κ3) is 9.21. The van der Waals surface area contributed by atoms with Crippen LogP contribution in [0.4, 0.5) is 5.69 Å². The highest BCUT2D eigenvalue weighted by atomic mass is 16.6. The van der Waals surface area contributed by atoms with E-state index in [2.05, 4.69) is 13.5 Å². The van der Waals surface area contributed by atoms with Crippen molar-refractivity contribution in [3.8, 4) is 5.75 Å². The molecule has 0 heterocycles. The molecule has 0 amide bonds. The fourth-order valence-electron chi connectivity index (χ4n) is 1.36. The third-order valence-electron chi connectivity index (χ3n) is 2.43. The summed E-state index contributed by atoms with van der Waals surface area (Å²) in [5.74, 6) is -0.411. The fraction of sp³-hybridized carbons (Fsp3) is 0.400. The minimum absolute atomic E-state index is 0.113. The number of unbranched alkanes of at least 4 members (excludes halogenated alkanes) is 2. The number of nitrogens with zero attached hydrogens (tertiary/aromatic N) is 1. The fourth-order valence-corrected chi connectivity index (χ4v) is 1.36. The number of carbonyl (C=O) groups excluding carboxylic acids is 1. The SMILES string of the molecule is C=CCOC(=O)CCCCC.O=[N+]([O-])c1ccccc1O. The average Bonchev–Trinajstić information content (AvgIpc) is 2.46. The molecule has 0 unspecified atom stereocenters. The van der Waals surface area contributed by atoms with Crippen LogP contribution in [0, 0.1) is 10.1 Å². The molecule has 0 aliphatic heterocycles. The Morgan fingerprint density at radius 1 is 1.43 bits per heavy atom. The maximum atomic E-state index is 10.8. The van der Waals surface area contributed by atoms with Crippen molar-refractivity contribution in [1.82, 2.24) is 0 Å². The van der Waals surface area contributed by atoms with Gasteiger partial charge in [-0.3, -0.25) is 14.9 Å². The predicted molar refractivity (Wildman–Crippen MR) is 80.1 cm³/mol. The van der Waals surface area contributed by atoms with Crippen LogP contribution in [0.25, 0.3) is 0 Å². The zero-order chi connectivity index (χ0) is 16.1. The van der Waals surface area contributed by atoms with Crippen LogP contribution in [-0.4, -0.2) is 22.6 Å². The van der Waals surface area contributed by atoms with Crippen LogP contribution >= 0.6 is 0 Å². The summed E-state index contributed by atoms with van der Waals surface area (Å²) >= 11 is 0. The van der Waals surface area contributed by atoms with Crippen molar-refractivity contribution in [2.45, 2.75) is 32.6 Å². The number of hydrogen-bond acceptors (Lipinski definition) is 5. The summed E-state index contributed by atoms with van der Waals surface area (Å²) in [5, 5.41) is 18.9. The quantitative estimate of drug-likeness (QED) is 0.273. The van der Waals surface area contributed by atoms with E-state index in [0.717, 1.165) is 19.3 Å². The van der Waals surface area contributed by atoms with Gasteiger partial charge in [0.05, 0.1) is 4.92 Å². The summed E-state index contributed by atoms with van der Waals surface area (Å²) in [6, 6.07) is 5.55. The van der Waals surface area contributed by atoms with Gasteiger partial charge in [-0.15, -0.1) is 0 Å². The van der Waals surface area contributed by atoms with Gasteiger partial charge < -0.3 is 9.84 Å². The summed E-state index contributed by atoms with van der Waals surface area (Å²) < 4.78 is 4.78. The first kappa shape index (κ1) is 18.6. The van der Waals surface area contributed by atoms with E-state index in [9.17, 15) is 14.9 Å². The highest BCUT2D eigenvalue weighted by molar-refractivity contribution is 5.69. The second-order valence-corrected chi connectivity index (χ2v) is 4.17. The van der Waals surface area contributed by atoms with Gasteiger partial charge in [-0.05, 0) is 12.5 Å². The number of hydrogen-bond donors (Lipinski definition) is 1. The number of esters is 1. The number of nitro groups is 1. The molecule has 1 rings (SSSR count). The molecule has 0 aromatic heterocycles. The van der Waals surface area contributed by atoms with Crippen molar-refractivity contribution in [2.75, 3.05) is 6.61 Å². The first-order valence-electron chi connectivity index (χ1n) is 6.71. The lowest BCUT2D eigenvalue weighted by molar-refractivity contribution is -0.385. The molecule has 1 N–H and O–H groups in total. The molecule has 0 bridgehead atoms. The van der Waals surface area contributed by atoms with Crippen molar-refractivity contribution >= 4 is 11.7 Å². The Morgan fingerprint density at radius 2 is 2.10 bits per heavy atom. The van der Waals surface area contributed by atoms with E-state index in [1.807, 2.05) is 0 Å². The topological polar surface area (TPSA) is 89.7 Å². The highest BCUT2D eigenvalue weighted by Gasteiger charge is 2.09. The van der Waals surface area contributed by atoms with Gasteiger partial charge in [0.15, 0.2) is 5.75 Å². The molecule has 6 heteroatoms. The van der Waals surface area contributed by atoms with Crippen LogP contribution in [0.1, 0.15) is 32.6 Å². The Morgan fingerprint density at radius 3 is 2.57 bits per heavy atom. The van der Waals surface area contributed by atoms with Gasteiger partial charge in [0.25, 0.3) is 0 Å². The number of carbonyl (C=O) groups is 1. The van der Waals surface area contributed by atoms with Crippen LogP contribution in [0.5, 0.6) is 5.75 Å². The molecule has 0 saturated carbocycles. The summed E-state index contributed by atoms with van der Waals surface area (Å²) in [7, 11) is 0. The van der Waals surface area contributed by atoms with Crippen molar-refractivity contribution in [2.24, 2.45) is 0 Å². The number of phenolic OH excluding ortho intramolecular Hbond substituents is 1. The first-order chi connectivity index (χ1) is 10.0. The first-order valence-corrected chi connectivity index (χ1v) is 6.71. The van der Waals surface area contributed by atoms with E-state index < -0.39 is 4.92 Å². The van der Waals surface area contributed by atoms with Crippen LogP contribution in [0.15, 0.2) is 36.9 Å². The number of ether oxygens (including phenoxy) is 1. The largest absolute Gasteiger partial charge is 0.502 e. The van der Waals surface area contributed by atoms with Gasteiger partial charge in [0.2, 0.25) is 0 Å². The van der Waals surface area contributed by atoms with E-state index in [1.165, 1.54) is 24.3 Å². The molecule has 0 fully saturated rings. The van der Waals surface area contributed by atoms with Crippen molar-refractivity contribution in [3.05, 3.63) is 47.0 Å². The summed E-state index contributed by atoms with van der Waals surface area (Å²) in [5.41, 5.74) is -0.262. The minimum Gasteiger partial charge on any atom is -0.502 e. The molecular formula is C15H21NO5. The van der Waals surface area contributed by atoms with Crippen LogP contribution in [0.3, 0.4) is 0 Å². The van der Waals surface area contributed by atoms with Gasteiger partial charge in [-0.1, -0.05) is 44.6 Å². The molecule has 1 aromatic rings. The second kappa shape index (κ2) is 11.5. The van der Waals surface area contributed by atoms with Crippen molar-refractivity contribution in [1.29, 1.82) is 0 Å². The highest BCUT2D eigenvalue weighted by Crippen LogP contribution is 2.23. The maximum absolute atomic E-state index is 10.8. The normalized spacial score (nSPS) is 9.19. The van der Waals surface area contributed by atoms with Crippen LogP contribution in [0.2, 0.25) is 0 Å². The number of phenols is 1. The summed E-state index contributed by atoms with van der Waals surface area (Å²) in [4.78, 5) is 20.2. The molecular weight excluding hydrogens is 274 g/mol. The standard InChI is InChI=1S/C9H16O2.C6H5NO3/c1-3-5-6-7-9(10)11-8-4-2;8-6-4-2-1-3-5(6)7(9)10/h4H,2-3,5-8H2,1H3;1-4,8H. The van der Waals surface area contributed by atoms with Gasteiger partial charge in [0.1, 0.15) is 6.61 Å². The number of rotatable bonds is 7. The Labute approximate surface area is 124 Å². The van der Waals surface area contributed by atoms with Gasteiger partial charge in [-0.25, -0.2) is 0 Å². The van der Waals surface area contributed by atoms with Crippen molar-refractivity contribution in [3.63, 3.8) is 0 Å². The van der Waals surface area contributed by atoms with E-state index >= 15 is 0 Å². The third-order valence-corrected chi connectivity index (χ3v) is 2.43. The zero-order valence-electron chi connectivity index (χ0n) is 12.2.